The summed E-state index contributed by atoms with van der Waals surface area (Å²) in [5.74, 6) is 0.0307. The Kier molecular flexibility index (Phi) is 3.45. The molecule has 2 heterocycles. The third-order valence-electron chi connectivity index (χ3n) is 2.36. The third-order valence-corrected chi connectivity index (χ3v) is 2.36. The predicted octanol–water partition coefficient (Wildman–Crippen LogP) is 2.11. The standard InChI is InChI=1S/C10H12F3N5O/c1-3-14-9-16-7-6(4-15-18-7)8(17-9)19-5(2)10(11,12)13/h4-5H,3H2,1-2H3,(H2,14,15,16,17,18). The van der Waals surface area contributed by atoms with Crippen LogP contribution in [0, 0.1) is 0 Å². The first-order chi connectivity index (χ1) is 8.91. The summed E-state index contributed by atoms with van der Waals surface area (Å²) in [5.41, 5.74) is 0.315. The maximum Gasteiger partial charge on any atom is 0.425 e. The average Bonchev–Trinajstić information content (AvgIpc) is 2.76. The molecule has 0 aliphatic heterocycles. The van der Waals surface area contributed by atoms with Crippen LogP contribution in [0.5, 0.6) is 5.88 Å². The fraction of sp³-hybridized carbons (Fsp3) is 0.500. The van der Waals surface area contributed by atoms with Gasteiger partial charge in [-0.1, -0.05) is 0 Å². The second-order valence-corrected chi connectivity index (χ2v) is 3.82. The lowest BCUT2D eigenvalue weighted by Gasteiger charge is -2.17. The molecule has 1 atom stereocenters. The van der Waals surface area contributed by atoms with Gasteiger partial charge in [0, 0.05) is 6.54 Å². The van der Waals surface area contributed by atoms with Crippen LogP contribution in [0.1, 0.15) is 13.8 Å². The molecule has 0 fully saturated rings. The normalized spacial score (nSPS) is 13.5. The van der Waals surface area contributed by atoms with Crippen molar-refractivity contribution in [3.05, 3.63) is 6.20 Å². The molecule has 6 nitrogen and oxygen atoms in total. The van der Waals surface area contributed by atoms with Crippen molar-refractivity contribution in [3.63, 3.8) is 0 Å². The molecule has 0 saturated carbocycles. The summed E-state index contributed by atoms with van der Waals surface area (Å²) in [5, 5.41) is 9.40. The third kappa shape index (κ3) is 2.85. The van der Waals surface area contributed by atoms with E-state index < -0.39 is 12.3 Å². The number of fused-ring (bicyclic) bond motifs is 1. The maximum absolute atomic E-state index is 12.5. The maximum atomic E-state index is 12.5. The van der Waals surface area contributed by atoms with Crippen LogP contribution in [-0.2, 0) is 0 Å². The van der Waals surface area contributed by atoms with Gasteiger partial charge in [0.05, 0.1) is 6.20 Å². The van der Waals surface area contributed by atoms with Crippen molar-refractivity contribution in [2.45, 2.75) is 26.1 Å². The molecular weight excluding hydrogens is 263 g/mol. The number of H-pyrrole nitrogens is 1. The van der Waals surface area contributed by atoms with Gasteiger partial charge in [0.25, 0.3) is 0 Å². The van der Waals surface area contributed by atoms with E-state index in [1.54, 1.807) is 0 Å². The van der Waals surface area contributed by atoms with E-state index in [1.807, 2.05) is 6.92 Å². The molecule has 2 aromatic heterocycles. The number of aromatic amines is 1. The van der Waals surface area contributed by atoms with Crippen LogP contribution in [0.2, 0.25) is 0 Å². The Morgan fingerprint density at radius 3 is 2.79 bits per heavy atom. The van der Waals surface area contributed by atoms with E-state index in [4.69, 9.17) is 4.74 Å². The highest BCUT2D eigenvalue weighted by Gasteiger charge is 2.38. The van der Waals surface area contributed by atoms with Crippen LogP contribution in [0.15, 0.2) is 6.20 Å². The molecule has 2 N–H and O–H groups in total. The Morgan fingerprint density at radius 2 is 2.16 bits per heavy atom. The number of rotatable bonds is 4. The molecule has 2 aromatic rings. The molecule has 0 aromatic carbocycles. The molecule has 0 bridgehead atoms. The number of nitrogens with zero attached hydrogens (tertiary/aromatic N) is 3. The largest absolute Gasteiger partial charge is 0.464 e. The zero-order valence-corrected chi connectivity index (χ0v) is 10.2. The molecule has 9 heteroatoms. The van der Waals surface area contributed by atoms with E-state index in [-0.39, 0.29) is 11.8 Å². The number of halogens is 3. The fourth-order valence-electron chi connectivity index (χ4n) is 1.37. The molecule has 2 rings (SSSR count). The van der Waals surface area contributed by atoms with E-state index >= 15 is 0 Å². The highest BCUT2D eigenvalue weighted by Crippen LogP contribution is 2.28. The first-order valence-electron chi connectivity index (χ1n) is 5.60. The number of aromatic nitrogens is 4. The Morgan fingerprint density at radius 1 is 1.42 bits per heavy atom. The van der Waals surface area contributed by atoms with Crippen LogP contribution in [-0.4, -0.2) is 39.0 Å². The van der Waals surface area contributed by atoms with Crippen LogP contribution in [0.25, 0.3) is 11.0 Å². The summed E-state index contributed by atoms with van der Waals surface area (Å²) in [6.45, 7) is 3.27. The Labute approximate surface area is 106 Å². The molecule has 0 spiro atoms. The molecule has 19 heavy (non-hydrogen) atoms. The van der Waals surface area contributed by atoms with Gasteiger partial charge in [-0.15, -0.1) is 0 Å². The fourth-order valence-corrected chi connectivity index (χ4v) is 1.37. The first kappa shape index (κ1) is 13.4. The van der Waals surface area contributed by atoms with Gasteiger partial charge in [0.2, 0.25) is 11.8 Å². The number of nitrogens with one attached hydrogen (secondary N) is 2. The van der Waals surface area contributed by atoms with Crippen molar-refractivity contribution >= 4 is 17.0 Å². The lowest BCUT2D eigenvalue weighted by molar-refractivity contribution is -0.189. The number of hydrogen-bond donors (Lipinski definition) is 2. The molecule has 0 aliphatic rings. The summed E-state index contributed by atoms with van der Waals surface area (Å²) >= 11 is 0. The minimum absolute atomic E-state index is 0.153. The topological polar surface area (TPSA) is 75.7 Å². The summed E-state index contributed by atoms with van der Waals surface area (Å²) in [4.78, 5) is 7.97. The van der Waals surface area contributed by atoms with Gasteiger partial charge in [0.15, 0.2) is 11.8 Å². The molecule has 1 unspecified atom stereocenters. The number of alkyl halides is 3. The van der Waals surface area contributed by atoms with Crippen molar-refractivity contribution in [1.29, 1.82) is 0 Å². The smallest absolute Gasteiger partial charge is 0.425 e. The summed E-state index contributed by atoms with van der Waals surface area (Å²) < 4.78 is 42.4. The molecule has 0 aliphatic carbocycles. The van der Waals surface area contributed by atoms with Crippen molar-refractivity contribution in [2.75, 3.05) is 11.9 Å². The number of ether oxygens (including phenoxy) is 1. The molecular formula is C10H12F3N5O. The van der Waals surface area contributed by atoms with Gasteiger partial charge in [-0.25, -0.2) is 0 Å². The van der Waals surface area contributed by atoms with Crippen LogP contribution in [0.3, 0.4) is 0 Å². The van der Waals surface area contributed by atoms with Gasteiger partial charge < -0.3 is 10.1 Å². The lowest BCUT2D eigenvalue weighted by atomic mass is 10.4. The predicted molar refractivity (Wildman–Crippen MR) is 62.0 cm³/mol. The Bertz CT molecular complexity index is 568. The second-order valence-electron chi connectivity index (χ2n) is 3.82. The highest BCUT2D eigenvalue weighted by molar-refractivity contribution is 5.80. The van der Waals surface area contributed by atoms with Crippen LogP contribution >= 0.6 is 0 Å². The SMILES string of the molecule is CCNc1nc(OC(C)C(F)(F)F)c2cn[nH]c2n1. The van der Waals surface area contributed by atoms with Gasteiger partial charge in [-0.3, -0.25) is 5.10 Å². The van der Waals surface area contributed by atoms with Gasteiger partial charge >= 0.3 is 6.18 Å². The molecule has 0 radical (unpaired) electrons. The van der Waals surface area contributed by atoms with Crippen molar-refractivity contribution in [3.8, 4) is 5.88 Å². The van der Waals surface area contributed by atoms with Crippen LogP contribution < -0.4 is 10.1 Å². The molecule has 104 valence electrons. The van der Waals surface area contributed by atoms with Crippen molar-refractivity contribution in [1.82, 2.24) is 20.2 Å². The van der Waals surface area contributed by atoms with Gasteiger partial charge in [-0.2, -0.15) is 28.2 Å². The van der Waals surface area contributed by atoms with Crippen molar-refractivity contribution in [2.24, 2.45) is 0 Å². The van der Waals surface area contributed by atoms with Crippen LogP contribution in [0.4, 0.5) is 19.1 Å². The molecule has 0 saturated heterocycles. The van der Waals surface area contributed by atoms with Crippen molar-refractivity contribution < 1.29 is 17.9 Å². The monoisotopic (exact) mass is 275 g/mol. The van der Waals surface area contributed by atoms with E-state index in [1.165, 1.54) is 6.20 Å². The average molecular weight is 275 g/mol. The minimum atomic E-state index is -4.46. The second kappa shape index (κ2) is 4.90. The Hall–Kier alpha value is -2.06. The van der Waals surface area contributed by atoms with Gasteiger partial charge in [0.1, 0.15) is 5.39 Å². The summed E-state index contributed by atoms with van der Waals surface area (Å²) in [7, 11) is 0. The van der Waals surface area contributed by atoms with E-state index in [0.29, 0.717) is 17.6 Å². The van der Waals surface area contributed by atoms with E-state index in [9.17, 15) is 13.2 Å². The number of hydrogen-bond acceptors (Lipinski definition) is 5. The van der Waals surface area contributed by atoms with Gasteiger partial charge in [-0.05, 0) is 13.8 Å². The lowest BCUT2D eigenvalue weighted by Crippen LogP contribution is -2.31. The quantitative estimate of drug-likeness (QED) is 0.893. The van der Waals surface area contributed by atoms with E-state index in [0.717, 1.165) is 6.92 Å². The van der Waals surface area contributed by atoms with E-state index in [2.05, 4.69) is 25.5 Å². The summed E-state index contributed by atoms with van der Waals surface area (Å²) in [6, 6.07) is 0. The minimum Gasteiger partial charge on any atom is -0.464 e. The summed E-state index contributed by atoms with van der Waals surface area (Å²) in [6.07, 6.45) is -5.10. The Balaban J connectivity index is 2.37. The number of anilines is 1. The zero-order valence-electron chi connectivity index (χ0n) is 10.2. The first-order valence-corrected chi connectivity index (χ1v) is 5.60. The zero-order chi connectivity index (χ0) is 14.0. The molecule has 0 amide bonds. The highest BCUT2D eigenvalue weighted by atomic mass is 19.4.